The van der Waals surface area contributed by atoms with E-state index >= 15 is 0 Å². The van der Waals surface area contributed by atoms with Gasteiger partial charge in [-0.1, -0.05) is 37.3 Å². The molecule has 4 nitrogen and oxygen atoms in total. The Labute approximate surface area is 122 Å². The summed E-state index contributed by atoms with van der Waals surface area (Å²) in [5.74, 6) is -0.249. The average molecular weight is 277 g/mol. The Kier molecular flexibility index (Phi) is 7.26. The Balaban J connectivity index is 2.45. The molecule has 20 heavy (non-hydrogen) atoms. The highest BCUT2D eigenvalue weighted by molar-refractivity contribution is 5.83. The van der Waals surface area contributed by atoms with Crippen molar-refractivity contribution in [3.05, 3.63) is 35.9 Å². The van der Waals surface area contributed by atoms with Gasteiger partial charge in [-0.2, -0.15) is 0 Å². The van der Waals surface area contributed by atoms with Gasteiger partial charge in [-0.05, 0) is 26.0 Å². The zero-order chi connectivity index (χ0) is 15.0. The number of carbonyl (C=O) groups is 1. The van der Waals surface area contributed by atoms with E-state index in [-0.39, 0.29) is 11.8 Å². The van der Waals surface area contributed by atoms with Gasteiger partial charge in [0.05, 0.1) is 5.92 Å². The zero-order valence-electron chi connectivity index (χ0n) is 12.8. The van der Waals surface area contributed by atoms with Crippen LogP contribution in [-0.4, -0.2) is 43.5 Å². The zero-order valence-corrected chi connectivity index (χ0v) is 12.8. The van der Waals surface area contributed by atoms with Gasteiger partial charge in [0.25, 0.3) is 0 Å². The lowest BCUT2D eigenvalue weighted by Gasteiger charge is -2.24. The number of nitrogens with two attached hydrogens (primary N) is 1. The summed E-state index contributed by atoms with van der Waals surface area (Å²) < 4.78 is 0. The van der Waals surface area contributed by atoms with Crippen LogP contribution in [0.1, 0.15) is 31.7 Å². The third-order valence-corrected chi connectivity index (χ3v) is 3.86. The summed E-state index contributed by atoms with van der Waals surface area (Å²) in [7, 11) is 2.08. The molecule has 1 aromatic carbocycles. The Morgan fingerprint density at radius 2 is 2.00 bits per heavy atom. The van der Waals surface area contributed by atoms with Gasteiger partial charge >= 0.3 is 0 Å². The summed E-state index contributed by atoms with van der Waals surface area (Å²) in [4.78, 5) is 14.4. The molecule has 0 saturated heterocycles. The highest BCUT2D eigenvalue weighted by Crippen LogP contribution is 2.13. The van der Waals surface area contributed by atoms with Crippen LogP contribution in [0.2, 0.25) is 0 Å². The van der Waals surface area contributed by atoms with Gasteiger partial charge in [0.1, 0.15) is 0 Å². The fraction of sp³-hybridized carbons (Fsp3) is 0.562. The van der Waals surface area contributed by atoms with E-state index < -0.39 is 0 Å². The quantitative estimate of drug-likeness (QED) is 0.758. The molecule has 1 aromatic rings. The Hall–Kier alpha value is -1.39. The summed E-state index contributed by atoms with van der Waals surface area (Å²) >= 11 is 0. The smallest absolute Gasteiger partial charge is 0.228 e. The number of likely N-dealkylation sites (N-methyl/N-ethyl adjacent to an activating group) is 1. The number of rotatable bonds is 8. The molecular weight excluding hydrogens is 250 g/mol. The van der Waals surface area contributed by atoms with Gasteiger partial charge in [0, 0.05) is 25.7 Å². The van der Waals surface area contributed by atoms with Crippen LogP contribution in [0.25, 0.3) is 0 Å². The third kappa shape index (κ3) is 4.94. The Morgan fingerprint density at radius 1 is 1.35 bits per heavy atom. The van der Waals surface area contributed by atoms with Crippen LogP contribution >= 0.6 is 0 Å². The van der Waals surface area contributed by atoms with Gasteiger partial charge in [-0.25, -0.2) is 0 Å². The number of benzene rings is 1. The van der Waals surface area contributed by atoms with Crippen LogP contribution < -0.4 is 11.1 Å². The number of amides is 1. The number of hydrogen-bond acceptors (Lipinski definition) is 3. The normalized spacial score (nSPS) is 14.1. The molecule has 0 aliphatic carbocycles. The van der Waals surface area contributed by atoms with E-state index in [0.29, 0.717) is 19.1 Å². The first kappa shape index (κ1) is 16.7. The van der Waals surface area contributed by atoms with E-state index in [1.807, 2.05) is 30.3 Å². The van der Waals surface area contributed by atoms with Crippen LogP contribution in [0.15, 0.2) is 30.3 Å². The first-order chi connectivity index (χ1) is 9.60. The minimum Gasteiger partial charge on any atom is -0.354 e. The van der Waals surface area contributed by atoms with E-state index in [2.05, 4.69) is 31.1 Å². The number of carbonyl (C=O) groups excluding carboxylic acids is 1. The van der Waals surface area contributed by atoms with Crippen molar-refractivity contribution in [1.82, 2.24) is 10.2 Å². The predicted octanol–water partition coefficient (Wildman–Crippen LogP) is 1.58. The number of nitrogens with one attached hydrogen (secondary N) is 1. The first-order valence-electron chi connectivity index (χ1n) is 7.33. The van der Waals surface area contributed by atoms with Crippen molar-refractivity contribution >= 4 is 5.91 Å². The second kappa shape index (κ2) is 8.72. The van der Waals surface area contributed by atoms with Gasteiger partial charge in [-0.3, -0.25) is 4.79 Å². The van der Waals surface area contributed by atoms with E-state index in [1.165, 1.54) is 0 Å². The van der Waals surface area contributed by atoms with Gasteiger partial charge in [0.2, 0.25) is 5.91 Å². The number of nitrogens with zero attached hydrogens (tertiary/aromatic N) is 1. The standard InChI is InChI=1S/C16H27N3O/c1-4-13(2)19(3)11-10-18-16(20)15(12-17)14-8-6-5-7-9-14/h5-9,13,15H,4,10-12,17H2,1-3H3,(H,18,20). The monoisotopic (exact) mass is 277 g/mol. The third-order valence-electron chi connectivity index (χ3n) is 3.86. The van der Waals surface area contributed by atoms with Crippen LogP contribution in [0.4, 0.5) is 0 Å². The molecule has 0 aliphatic rings. The lowest BCUT2D eigenvalue weighted by molar-refractivity contribution is -0.122. The summed E-state index contributed by atoms with van der Waals surface area (Å²) in [5, 5.41) is 2.98. The fourth-order valence-electron chi connectivity index (χ4n) is 2.09. The highest BCUT2D eigenvalue weighted by atomic mass is 16.1. The van der Waals surface area contributed by atoms with Crippen molar-refractivity contribution in [2.45, 2.75) is 32.2 Å². The molecule has 0 spiro atoms. The van der Waals surface area contributed by atoms with Gasteiger partial charge in [-0.15, -0.1) is 0 Å². The molecule has 1 amide bonds. The van der Waals surface area contributed by atoms with E-state index in [4.69, 9.17) is 5.73 Å². The molecule has 0 fully saturated rings. The SMILES string of the molecule is CCC(C)N(C)CCNC(=O)C(CN)c1ccccc1. The minimum absolute atomic E-state index is 0.0104. The molecule has 0 heterocycles. The molecule has 1 rings (SSSR count). The van der Waals surface area contributed by atoms with Gasteiger partial charge < -0.3 is 16.0 Å². The van der Waals surface area contributed by atoms with Crippen molar-refractivity contribution in [2.75, 3.05) is 26.7 Å². The first-order valence-corrected chi connectivity index (χ1v) is 7.33. The maximum Gasteiger partial charge on any atom is 0.228 e. The Morgan fingerprint density at radius 3 is 2.55 bits per heavy atom. The second-order valence-electron chi connectivity index (χ2n) is 5.23. The van der Waals surface area contributed by atoms with Crippen molar-refractivity contribution in [2.24, 2.45) is 5.73 Å². The van der Waals surface area contributed by atoms with Crippen molar-refractivity contribution < 1.29 is 4.79 Å². The molecule has 112 valence electrons. The summed E-state index contributed by atoms with van der Waals surface area (Å²) in [6.07, 6.45) is 1.11. The number of hydrogen-bond donors (Lipinski definition) is 2. The van der Waals surface area contributed by atoms with Gasteiger partial charge in [0.15, 0.2) is 0 Å². The van der Waals surface area contributed by atoms with Crippen LogP contribution in [0.3, 0.4) is 0 Å². The molecule has 2 atom stereocenters. The molecule has 0 aliphatic heterocycles. The molecule has 0 radical (unpaired) electrons. The molecule has 0 saturated carbocycles. The molecule has 4 heteroatoms. The lowest BCUT2D eigenvalue weighted by atomic mass is 9.98. The van der Waals surface area contributed by atoms with E-state index in [9.17, 15) is 4.79 Å². The lowest BCUT2D eigenvalue weighted by Crippen LogP contribution is -2.40. The van der Waals surface area contributed by atoms with Crippen molar-refractivity contribution in [3.8, 4) is 0 Å². The van der Waals surface area contributed by atoms with Crippen LogP contribution in [0, 0.1) is 0 Å². The maximum absolute atomic E-state index is 12.2. The Bertz CT molecular complexity index is 394. The highest BCUT2D eigenvalue weighted by Gasteiger charge is 2.18. The summed E-state index contributed by atoms with van der Waals surface area (Å²) in [5.41, 5.74) is 6.71. The van der Waals surface area contributed by atoms with Crippen LogP contribution in [-0.2, 0) is 4.79 Å². The molecular formula is C16H27N3O. The maximum atomic E-state index is 12.2. The van der Waals surface area contributed by atoms with Crippen molar-refractivity contribution in [1.29, 1.82) is 0 Å². The summed E-state index contributed by atoms with van der Waals surface area (Å²) in [6, 6.07) is 10.2. The van der Waals surface area contributed by atoms with E-state index in [0.717, 1.165) is 18.5 Å². The molecule has 2 unspecified atom stereocenters. The molecule has 0 aromatic heterocycles. The topological polar surface area (TPSA) is 58.4 Å². The summed E-state index contributed by atoms with van der Waals surface area (Å²) in [6.45, 7) is 6.20. The largest absolute Gasteiger partial charge is 0.354 e. The van der Waals surface area contributed by atoms with Crippen molar-refractivity contribution in [3.63, 3.8) is 0 Å². The van der Waals surface area contributed by atoms with E-state index in [1.54, 1.807) is 0 Å². The minimum atomic E-state index is -0.259. The average Bonchev–Trinajstić information content (AvgIpc) is 2.48. The predicted molar refractivity (Wildman–Crippen MR) is 83.6 cm³/mol. The second-order valence-corrected chi connectivity index (χ2v) is 5.23. The molecule has 0 bridgehead atoms. The fourth-order valence-corrected chi connectivity index (χ4v) is 2.09. The molecule has 3 N–H and O–H groups in total. The van der Waals surface area contributed by atoms with Crippen LogP contribution in [0.5, 0.6) is 0 Å².